The minimum absolute atomic E-state index is 0.0474. The number of aryl methyl sites for hydroxylation is 1. The molecule has 0 spiro atoms. The first-order chi connectivity index (χ1) is 13.2. The number of imidazole rings is 1. The third-order valence-corrected chi connectivity index (χ3v) is 5.18. The highest BCUT2D eigenvalue weighted by molar-refractivity contribution is 7.15. The van der Waals surface area contributed by atoms with Crippen LogP contribution < -0.4 is 5.32 Å². The molecule has 1 aliphatic rings. The summed E-state index contributed by atoms with van der Waals surface area (Å²) in [4.78, 5) is 35.9. The second-order valence-electron chi connectivity index (χ2n) is 6.22. The maximum absolute atomic E-state index is 12.7. The maximum Gasteiger partial charge on any atom is 0.247 e. The van der Waals surface area contributed by atoms with E-state index in [9.17, 15) is 4.79 Å². The largest absolute Gasteiger partial charge is 0.345 e. The molecule has 0 aromatic carbocycles. The number of aromatic amines is 1. The Hall–Kier alpha value is -3.07. The van der Waals surface area contributed by atoms with Gasteiger partial charge in [0, 0.05) is 36.1 Å². The van der Waals surface area contributed by atoms with Gasteiger partial charge in [0.05, 0.1) is 24.3 Å². The molecule has 9 heteroatoms. The molecule has 138 valence electrons. The second kappa shape index (κ2) is 7.67. The highest BCUT2D eigenvalue weighted by Gasteiger charge is 2.32. The molecule has 2 N–H and O–H groups in total. The van der Waals surface area contributed by atoms with E-state index in [2.05, 4.69) is 30.2 Å². The molecule has 27 heavy (non-hydrogen) atoms. The number of nitrogens with zero attached hydrogens (tertiary/aromatic N) is 5. The molecule has 1 aliphatic heterocycles. The van der Waals surface area contributed by atoms with E-state index >= 15 is 0 Å². The average Bonchev–Trinajstić information content (AvgIpc) is 3.42. The lowest BCUT2D eigenvalue weighted by atomic mass is 10.1. The second-order valence-corrected chi connectivity index (χ2v) is 7.46. The number of hydrogen-bond acceptors (Lipinski definition) is 7. The quantitative estimate of drug-likeness (QED) is 0.659. The van der Waals surface area contributed by atoms with Crippen molar-refractivity contribution in [1.29, 1.82) is 0 Å². The van der Waals surface area contributed by atoms with Crippen LogP contribution in [0, 0.1) is 6.92 Å². The van der Waals surface area contributed by atoms with Crippen LogP contribution >= 0.6 is 11.3 Å². The summed E-state index contributed by atoms with van der Waals surface area (Å²) in [7, 11) is 0. The van der Waals surface area contributed by atoms with Crippen LogP contribution in [0.3, 0.4) is 0 Å². The molecular weight excluding hydrogens is 362 g/mol. The van der Waals surface area contributed by atoms with Crippen molar-refractivity contribution >= 4 is 34.3 Å². The molecule has 1 fully saturated rings. The third-order valence-electron chi connectivity index (χ3n) is 4.35. The predicted molar refractivity (Wildman–Crippen MR) is 103 cm³/mol. The number of hydrogen-bond donors (Lipinski definition) is 2. The minimum Gasteiger partial charge on any atom is -0.345 e. The smallest absolute Gasteiger partial charge is 0.247 e. The van der Waals surface area contributed by atoms with Gasteiger partial charge in [-0.25, -0.2) is 15.0 Å². The number of amides is 1. The molecule has 0 saturated carbocycles. The monoisotopic (exact) mass is 381 g/mol. The molecule has 1 unspecified atom stereocenters. The zero-order valence-electron chi connectivity index (χ0n) is 14.8. The van der Waals surface area contributed by atoms with Crippen molar-refractivity contribution < 1.29 is 4.79 Å². The van der Waals surface area contributed by atoms with Gasteiger partial charge in [0.15, 0.2) is 10.9 Å². The Bertz CT molecular complexity index is 950. The van der Waals surface area contributed by atoms with Crippen LogP contribution in [0.2, 0.25) is 0 Å². The van der Waals surface area contributed by atoms with E-state index in [0.29, 0.717) is 12.4 Å². The maximum atomic E-state index is 12.7. The molecule has 0 radical (unpaired) electrons. The van der Waals surface area contributed by atoms with Crippen LogP contribution in [0.4, 0.5) is 10.9 Å². The summed E-state index contributed by atoms with van der Waals surface area (Å²) >= 11 is 1.56. The molecule has 4 heterocycles. The number of likely N-dealkylation sites (tertiary alicyclic amines) is 1. The number of thiazole rings is 1. The topological polar surface area (TPSA) is 99.7 Å². The first-order valence-electron chi connectivity index (χ1n) is 8.68. The van der Waals surface area contributed by atoms with Crippen molar-refractivity contribution in [1.82, 2.24) is 29.8 Å². The van der Waals surface area contributed by atoms with Crippen molar-refractivity contribution in [2.45, 2.75) is 25.8 Å². The summed E-state index contributed by atoms with van der Waals surface area (Å²) in [5, 5.41) is 4.02. The average molecular weight is 381 g/mol. The molecule has 1 atom stereocenters. The number of anilines is 2. The number of carbonyl (C=O) groups excluding carboxylic acids is 1. The first-order valence-corrected chi connectivity index (χ1v) is 9.50. The number of rotatable bonds is 5. The third kappa shape index (κ3) is 3.87. The lowest BCUT2D eigenvalue weighted by Gasteiger charge is -2.24. The highest BCUT2D eigenvalue weighted by atomic mass is 32.1. The van der Waals surface area contributed by atoms with Gasteiger partial charge in [-0.2, -0.15) is 0 Å². The van der Waals surface area contributed by atoms with E-state index in [1.54, 1.807) is 48.4 Å². The molecule has 3 aromatic rings. The van der Waals surface area contributed by atoms with E-state index < -0.39 is 0 Å². The van der Waals surface area contributed by atoms with Crippen LogP contribution in [0.5, 0.6) is 0 Å². The lowest BCUT2D eigenvalue weighted by Crippen LogP contribution is -2.30. The molecular formula is C18H19N7OS. The van der Waals surface area contributed by atoms with Crippen molar-refractivity contribution in [2.24, 2.45) is 0 Å². The molecule has 8 nitrogen and oxygen atoms in total. The van der Waals surface area contributed by atoms with Gasteiger partial charge < -0.3 is 15.2 Å². The zero-order chi connectivity index (χ0) is 18.6. The van der Waals surface area contributed by atoms with Gasteiger partial charge in [-0.1, -0.05) is 0 Å². The Morgan fingerprint density at radius 1 is 1.33 bits per heavy atom. The van der Waals surface area contributed by atoms with Crippen LogP contribution in [0.15, 0.2) is 37.2 Å². The summed E-state index contributed by atoms with van der Waals surface area (Å²) in [5.74, 6) is 0.600. The Morgan fingerprint density at radius 3 is 3.00 bits per heavy atom. The summed E-state index contributed by atoms with van der Waals surface area (Å²) in [6, 6.07) is -0.110. The van der Waals surface area contributed by atoms with Gasteiger partial charge in [-0.3, -0.25) is 9.78 Å². The highest BCUT2D eigenvalue weighted by Crippen LogP contribution is 2.35. The fraction of sp³-hybridized carbons (Fsp3) is 0.278. The summed E-state index contributed by atoms with van der Waals surface area (Å²) < 4.78 is 0. The molecule has 0 bridgehead atoms. The standard InChI is InChI=1S/C18H19N7OS/c1-12-9-22-18(27-12)24-17-16(20-6-7-21-17)14-3-2-8-25(14)15(26)5-4-13-10-19-11-23-13/h4-7,9-11,14H,2-3,8H2,1H3,(H,19,23)(H,21,22,24)/b5-4+. The minimum atomic E-state index is -0.110. The number of nitrogens with one attached hydrogen (secondary N) is 2. The first kappa shape index (κ1) is 17.3. The van der Waals surface area contributed by atoms with E-state index in [4.69, 9.17) is 0 Å². The van der Waals surface area contributed by atoms with Crippen LogP contribution in [-0.2, 0) is 4.79 Å². The lowest BCUT2D eigenvalue weighted by molar-refractivity contribution is -0.126. The van der Waals surface area contributed by atoms with Gasteiger partial charge in [0.25, 0.3) is 0 Å². The fourth-order valence-electron chi connectivity index (χ4n) is 3.13. The normalized spacial score (nSPS) is 16.9. The Labute approximate surface area is 160 Å². The van der Waals surface area contributed by atoms with E-state index in [1.165, 1.54) is 0 Å². The Morgan fingerprint density at radius 2 is 2.22 bits per heavy atom. The molecule has 1 saturated heterocycles. The van der Waals surface area contributed by atoms with Crippen molar-refractivity contribution in [3.8, 4) is 0 Å². The Balaban J connectivity index is 1.56. The van der Waals surface area contributed by atoms with Crippen molar-refractivity contribution in [3.05, 3.63) is 53.5 Å². The van der Waals surface area contributed by atoms with Gasteiger partial charge >= 0.3 is 0 Å². The zero-order valence-corrected chi connectivity index (χ0v) is 15.6. The summed E-state index contributed by atoms with van der Waals surface area (Å²) in [6.45, 7) is 2.70. The molecule has 3 aromatic heterocycles. The fourth-order valence-corrected chi connectivity index (χ4v) is 3.80. The SMILES string of the molecule is Cc1cnc(Nc2nccnc2C2CCCN2C(=O)/C=C/c2cnc[nH]2)s1. The van der Waals surface area contributed by atoms with Crippen molar-refractivity contribution in [2.75, 3.05) is 11.9 Å². The summed E-state index contributed by atoms with van der Waals surface area (Å²) in [5.41, 5.74) is 1.56. The van der Waals surface area contributed by atoms with E-state index in [-0.39, 0.29) is 11.9 Å². The number of aromatic nitrogens is 5. The molecule has 1 amide bonds. The van der Waals surface area contributed by atoms with E-state index in [1.807, 2.05) is 18.0 Å². The van der Waals surface area contributed by atoms with E-state index in [0.717, 1.165) is 34.2 Å². The van der Waals surface area contributed by atoms with Crippen molar-refractivity contribution in [3.63, 3.8) is 0 Å². The molecule has 4 rings (SSSR count). The Kier molecular flexibility index (Phi) is 4.93. The van der Waals surface area contributed by atoms with Gasteiger partial charge in [-0.15, -0.1) is 11.3 Å². The van der Waals surface area contributed by atoms with Gasteiger partial charge in [-0.05, 0) is 25.8 Å². The molecule has 0 aliphatic carbocycles. The number of H-pyrrole nitrogens is 1. The van der Waals surface area contributed by atoms with Gasteiger partial charge in [0.2, 0.25) is 5.91 Å². The predicted octanol–water partition coefficient (Wildman–Crippen LogP) is 3.09. The van der Waals surface area contributed by atoms with Crippen LogP contribution in [-0.4, -0.2) is 42.3 Å². The number of carbonyl (C=O) groups is 1. The summed E-state index contributed by atoms with van der Waals surface area (Å²) in [6.07, 6.45) is 13.5. The van der Waals surface area contributed by atoms with Gasteiger partial charge in [0.1, 0.15) is 5.69 Å². The van der Waals surface area contributed by atoms with Crippen LogP contribution in [0.1, 0.15) is 35.1 Å². The van der Waals surface area contributed by atoms with Crippen LogP contribution in [0.25, 0.3) is 6.08 Å².